The van der Waals surface area contributed by atoms with Gasteiger partial charge in [0.1, 0.15) is 17.0 Å². The molecule has 0 aromatic heterocycles. The van der Waals surface area contributed by atoms with E-state index in [1.165, 1.54) is 6.20 Å². The molecule has 23 heavy (non-hydrogen) atoms. The van der Waals surface area contributed by atoms with Crippen LogP contribution in [0.2, 0.25) is 0 Å². The van der Waals surface area contributed by atoms with Crippen molar-refractivity contribution in [3.05, 3.63) is 36.0 Å². The zero-order chi connectivity index (χ0) is 16.5. The molecule has 7 heteroatoms. The molecule has 1 amide bonds. The maximum Gasteiger partial charge on any atom is 0.263 e. The number of carbonyl (C=O) groups is 1. The third-order valence-electron chi connectivity index (χ3n) is 3.28. The van der Waals surface area contributed by atoms with E-state index in [-0.39, 0.29) is 11.7 Å². The molecule has 1 fully saturated rings. The van der Waals surface area contributed by atoms with E-state index < -0.39 is 5.91 Å². The smallest absolute Gasteiger partial charge is 0.263 e. The van der Waals surface area contributed by atoms with Gasteiger partial charge in [-0.1, -0.05) is 0 Å². The molecule has 0 spiro atoms. The highest BCUT2D eigenvalue weighted by Crippen LogP contribution is 2.19. The van der Waals surface area contributed by atoms with E-state index in [0.717, 1.165) is 41.8 Å². The second kappa shape index (κ2) is 8.84. The predicted molar refractivity (Wildman–Crippen MR) is 87.2 cm³/mol. The van der Waals surface area contributed by atoms with E-state index in [0.29, 0.717) is 6.54 Å². The van der Waals surface area contributed by atoms with Crippen molar-refractivity contribution in [2.45, 2.75) is 23.8 Å². The zero-order valence-electron chi connectivity index (χ0n) is 12.4. The fraction of sp³-hybridized carbons (Fsp3) is 0.312. The monoisotopic (exact) mass is 328 g/mol. The van der Waals surface area contributed by atoms with Crippen LogP contribution in [0.3, 0.4) is 0 Å². The van der Waals surface area contributed by atoms with E-state index in [9.17, 15) is 4.79 Å². The molecule has 1 saturated heterocycles. The number of nitrogens with zero attached hydrogens (tertiary/aromatic N) is 2. The summed E-state index contributed by atoms with van der Waals surface area (Å²) in [6, 6.07) is 8.99. The van der Waals surface area contributed by atoms with Gasteiger partial charge in [-0.25, -0.2) is 0 Å². The van der Waals surface area contributed by atoms with Gasteiger partial charge < -0.3 is 15.4 Å². The molecular formula is C16H16N4O2S. The molecule has 1 atom stereocenters. The van der Waals surface area contributed by atoms with Crippen LogP contribution in [0.1, 0.15) is 12.8 Å². The van der Waals surface area contributed by atoms with Crippen LogP contribution in [0, 0.1) is 22.0 Å². The molecule has 0 aliphatic carbocycles. The van der Waals surface area contributed by atoms with Gasteiger partial charge in [-0.2, -0.15) is 10.5 Å². The Morgan fingerprint density at radius 1 is 1.39 bits per heavy atom. The second-order valence-electron chi connectivity index (χ2n) is 4.88. The molecule has 1 aromatic carbocycles. The Kier molecular flexibility index (Phi) is 6.49. The van der Waals surface area contributed by atoms with Crippen LogP contribution in [-0.2, 0) is 9.53 Å². The Balaban J connectivity index is 1.88. The quantitative estimate of drug-likeness (QED) is 0.360. The molecule has 2 rings (SSSR count). The van der Waals surface area contributed by atoms with Crippen molar-refractivity contribution >= 4 is 23.4 Å². The summed E-state index contributed by atoms with van der Waals surface area (Å²) >= 11 is 1.07. The number of rotatable bonds is 6. The van der Waals surface area contributed by atoms with Crippen molar-refractivity contribution in [1.29, 1.82) is 10.5 Å². The molecule has 1 aromatic rings. The number of benzene rings is 1. The zero-order valence-corrected chi connectivity index (χ0v) is 13.2. The predicted octanol–water partition coefficient (Wildman–Crippen LogP) is 2.37. The first-order valence-electron chi connectivity index (χ1n) is 7.15. The molecule has 1 unspecified atom stereocenters. The Labute approximate surface area is 139 Å². The Morgan fingerprint density at radius 3 is 2.78 bits per heavy atom. The highest BCUT2D eigenvalue weighted by molar-refractivity contribution is 8.03. The highest BCUT2D eigenvalue weighted by Gasteiger charge is 2.17. The maximum atomic E-state index is 12.0. The number of amides is 1. The fourth-order valence-electron chi connectivity index (χ4n) is 2.08. The number of hydrogen-bond acceptors (Lipinski definition) is 6. The van der Waals surface area contributed by atoms with Gasteiger partial charge in [0, 0.05) is 29.9 Å². The second-order valence-corrected chi connectivity index (χ2v) is 5.74. The number of hydrogen-bond donors (Lipinski definition) is 2. The average molecular weight is 328 g/mol. The lowest BCUT2D eigenvalue weighted by Crippen LogP contribution is -2.32. The summed E-state index contributed by atoms with van der Waals surface area (Å²) in [5.74, 6) is -0.424. The van der Waals surface area contributed by atoms with E-state index >= 15 is 0 Å². The summed E-state index contributed by atoms with van der Waals surface area (Å²) in [7, 11) is 0. The van der Waals surface area contributed by atoms with E-state index in [4.69, 9.17) is 15.3 Å². The lowest BCUT2D eigenvalue weighted by molar-refractivity contribution is -0.117. The third-order valence-corrected chi connectivity index (χ3v) is 3.88. The van der Waals surface area contributed by atoms with Gasteiger partial charge in [0.2, 0.25) is 0 Å². The molecule has 6 nitrogen and oxygen atoms in total. The van der Waals surface area contributed by atoms with E-state index in [1.807, 2.05) is 11.5 Å². The van der Waals surface area contributed by atoms with Gasteiger partial charge in [-0.15, -0.1) is 0 Å². The molecule has 1 heterocycles. The largest absolute Gasteiger partial charge is 0.376 e. The Morgan fingerprint density at radius 2 is 2.17 bits per heavy atom. The molecule has 2 N–H and O–H groups in total. The minimum Gasteiger partial charge on any atom is -0.376 e. The van der Waals surface area contributed by atoms with Crippen molar-refractivity contribution in [1.82, 2.24) is 5.32 Å². The summed E-state index contributed by atoms with van der Waals surface area (Å²) in [6.45, 7) is 1.14. The maximum absolute atomic E-state index is 12.0. The van der Waals surface area contributed by atoms with Gasteiger partial charge in [0.05, 0.1) is 6.10 Å². The van der Waals surface area contributed by atoms with Gasteiger partial charge in [-0.3, -0.25) is 4.79 Å². The van der Waals surface area contributed by atoms with Crippen molar-refractivity contribution < 1.29 is 9.53 Å². The number of anilines is 1. The topological polar surface area (TPSA) is 97.9 Å². The first kappa shape index (κ1) is 16.9. The Hall–Kier alpha value is -2.48. The molecular weight excluding hydrogens is 312 g/mol. The number of nitrogens with one attached hydrogen (secondary N) is 2. The van der Waals surface area contributed by atoms with Crippen LogP contribution in [0.15, 0.2) is 40.9 Å². The SMILES string of the molecule is N#CSc1ccc(N/C=C(/C#N)C(=O)NCC2CCCO2)cc1. The van der Waals surface area contributed by atoms with Crippen LogP contribution >= 0.6 is 11.8 Å². The van der Waals surface area contributed by atoms with E-state index in [2.05, 4.69) is 10.6 Å². The molecule has 1 aliphatic heterocycles. The van der Waals surface area contributed by atoms with Crippen molar-refractivity contribution in [3.63, 3.8) is 0 Å². The highest BCUT2D eigenvalue weighted by atomic mass is 32.2. The van der Waals surface area contributed by atoms with Crippen LogP contribution in [0.5, 0.6) is 0 Å². The van der Waals surface area contributed by atoms with Gasteiger partial charge in [-0.05, 0) is 48.9 Å². The number of ether oxygens (including phenoxy) is 1. The number of thiocyanates is 1. The summed E-state index contributed by atoms with van der Waals surface area (Å²) in [5.41, 5.74) is 0.727. The average Bonchev–Trinajstić information content (AvgIpc) is 3.09. The normalized spacial score (nSPS) is 17.1. The minimum atomic E-state index is -0.424. The summed E-state index contributed by atoms with van der Waals surface area (Å²) < 4.78 is 5.42. The standard InChI is InChI=1S/C16H16N4O2S/c17-8-12(16(21)20-10-14-2-1-7-22-14)9-19-13-3-5-15(6-4-13)23-11-18/h3-6,9,14,19H,1-2,7,10H2,(H,20,21)/b12-9-. The van der Waals surface area contributed by atoms with Crippen LogP contribution < -0.4 is 10.6 Å². The van der Waals surface area contributed by atoms with Crippen molar-refractivity contribution in [3.8, 4) is 11.5 Å². The van der Waals surface area contributed by atoms with Gasteiger partial charge in [0.15, 0.2) is 0 Å². The first-order chi connectivity index (χ1) is 11.2. The number of carbonyl (C=O) groups excluding carboxylic acids is 1. The van der Waals surface area contributed by atoms with Crippen molar-refractivity contribution in [2.75, 3.05) is 18.5 Å². The summed E-state index contributed by atoms with van der Waals surface area (Å²) in [4.78, 5) is 12.8. The van der Waals surface area contributed by atoms with Crippen LogP contribution in [0.25, 0.3) is 0 Å². The lowest BCUT2D eigenvalue weighted by atomic mass is 10.2. The first-order valence-corrected chi connectivity index (χ1v) is 7.97. The summed E-state index contributed by atoms with van der Waals surface area (Å²) in [6.07, 6.45) is 3.34. The summed E-state index contributed by atoms with van der Waals surface area (Å²) in [5, 5.41) is 25.3. The lowest BCUT2D eigenvalue weighted by Gasteiger charge is -2.10. The molecule has 118 valence electrons. The molecule has 0 radical (unpaired) electrons. The van der Waals surface area contributed by atoms with Crippen molar-refractivity contribution in [2.24, 2.45) is 0 Å². The van der Waals surface area contributed by atoms with Crippen LogP contribution in [-0.4, -0.2) is 25.2 Å². The number of nitriles is 2. The molecule has 1 aliphatic rings. The van der Waals surface area contributed by atoms with Gasteiger partial charge in [0.25, 0.3) is 5.91 Å². The molecule has 0 bridgehead atoms. The Bertz CT molecular complexity index is 652. The molecule has 0 saturated carbocycles. The number of thioether (sulfide) groups is 1. The van der Waals surface area contributed by atoms with E-state index in [1.54, 1.807) is 24.3 Å². The minimum absolute atomic E-state index is 0.00141. The van der Waals surface area contributed by atoms with Crippen LogP contribution in [0.4, 0.5) is 5.69 Å². The third kappa shape index (κ3) is 5.33. The van der Waals surface area contributed by atoms with Gasteiger partial charge >= 0.3 is 0 Å². The fourth-order valence-corrected chi connectivity index (χ4v) is 2.46.